The lowest BCUT2D eigenvalue weighted by molar-refractivity contribution is 0.109. The van der Waals surface area contributed by atoms with Gasteiger partial charge in [0.25, 0.3) is 0 Å². The summed E-state index contributed by atoms with van der Waals surface area (Å²) >= 11 is 0. The van der Waals surface area contributed by atoms with Crippen molar-refractivity contribution >= 4 is 17.3 Å². The molecule has 0 saturated heterocycles. The Labute approximate surface area is 110 Å². The molecule has 2 heterocycles. The second-order valence-electron chi connectivity index (χ2n) is 4.64. The van der Waals surface area contributed by atoms with Crippen LogP contribution in [0.15, 0.2) is 34.7 Å². The first-order valence-corrected chi connectivity index (χ1v) is 6.13. The van der Waals surface area contributed by atoms with Crippen LogP contribution in [0, 0.1) is 6.92 Å². The van der Waals surface area contributed by atoms with E-state index >= 15 is 0 Å². The van der Waals surface area contributed by atoms with Gasteiger partial charge >= 0.3 is 0 Å². The fraction of sp³-hybridized carbons (Fsp3) is 0.200. The van der Waals surface area contributed by atoms with E-state index in [1.54, 1.807) is 6.07 Å². The van der Waals surface area contributed by atoms with Gasteiger partial charge in [-0.25, -0.2) is 4.98 Å². The first-order chi connectivity index (χ1) is 9.17. The maximum Gasteiger partial charge on any atom is 0.185 e. The lowest BCUT2D eigenvalue weighted by Gasteiger charge is -2.00. The summed E-state index contributed by atoms with van der Waals surface area (Å²) in [7, 11) is 2.01. The van der Waals surface area contributed by atoms with E-state index in [0.717, 1.165) is 34.5 Å². The summed E-state index contributed by atoms with van der Waals surface area (Å²) in [6.45, 7) is 1.99. The lowest BCUT2D eigenvalue weighted by atomic mass is 10.1. The van der Waals surface area contributed by atoms with E-state index in [2.05, 4.69) is 27.8 Å². The highest BCUT2D eigenvalue weighted by Gasteiger charge is 2.07. The number of benzene rings is 1. The van der Waals surface area contributed by atoms with Crippen LogP contribution in [0.5, 0.6) is 0 Å². The lowest BCUT2D eigenvalue weighted by Crippen LogP contribution is -1.90. The van der Waals surface area contributed by atoms with Crippen LogP contribution in [0.3, 0.4) is 0 Å². The Morgan fingerprint density at radius 2 is 2.16 bits per heavy atom. The molecule has 0 N–H and O–H groups in total. The van der Waals surface area contributed by atoms with Crippen molar-refractivity contribution in [3.05, 3.63) is 53.2 Å². The highest BCUT2D eigenvalue weighted by Crippen LogP contribution is 2.19. The molecular formula is C15H14N2O2. The first kappa shape index (κ1) is 11.7. The molecule has 0 radical (unpaired) electrons. The van der Waals surface area contributed by atoms with Crippen LogP contribution in [0.4, 0.5) is 0 Å². The second-order valence-corrected chi connectivity index (χ2v) is 4.64. The molecule has 0 aliphatic heterocycles. The first-order valence-electron chi connectivity index (χ1n) is 6.13. The van der Waals surface area contributed by atoms with Crippen LogP contribution in [0.1, 0.15) is 27.7 Å². The largest absolute Gasteiger partial charge is 0.458 e. The Hall–Kier alpha value is -2.36. The number of fused-ring (bicyclic) bond motifs is 1. The third-order valence-electron chi connectivity index (χ3n) is 3.35. The van der Waals surface area contributed by atoms with E-state index in [4.69, 9.17) is 4.42 Å². The number of rotatable bonds is 3. The summed E-state index contributed by atoms with van der Waals surface area (Å²) in [6.07, 6.45) is 1.38. The summed E-state index contributed by atoms with van der Waals surface area (Å²) in [5.41, 5.74) is 3.23. The van der Waals surface area contributed by atoms with Gasteiger partial charge in [-0.2, -0.15) is 0 Å². The standard InChI is InChI=1S/C15H14N2O2/c1-10-16-14-8-11(3-6-15(14)17(10)2)7-12-4-5-13(9-18)19-12/h3-6,8-9H,7H2,1-2H3. The van der Waals surface area contributed by atoms with Crippen molar-refractivity contribution in [3.63, 3.8) is 0 Å². The van der Waals surface area contributed by atoms with Gasteiger partial charge in [0.1, 0.15) is 11.6 Å². The van der Waals surface area contributed by atoms with Gasteiger partial charge in [0, 0.05) is 13.5 Å². The average molecular weight is 254 g/mol. The van der Waals surface area contributed by atoms with Crippen LogP contribution in [0.2, 0.25) is 0 Å². The quantitative estimate of drug-likeness (QED) is 0.675. The zero-order chi connectivity index (χ0) is 13.4. The molecular weight excluding hydrogens is 240 g/mol. The molecule has 0 amide bonds. The predicted octanol–water partition coefficient (Wildman–Crippen LogP) is 2.88. The van der Waals surface area contributed by atoms with Crippen molar-refractivity contribution in [1.29, 1.82) is 0 Å². The number of carbonyl (C=O) groups is 1. The van der Waals surface area contributed by atoms with Crippen LogP contribution < -0.4 is 0 Å². The van der Waals surface area contributed by atoms with Gasteiger partial charge in [-0.05, 0) is 36.8 Å². The maximum atomic E-state index is 10.6. The molecule has 0 aliphatic carbocycles. The van der Waals surface area contributed by atoms with E-state index in [1.165, 1.54) is 0 Å². The number of aryl methyl sites for hydroxylation is 2. The predicted molar refractivity (Wildman–Crippen MR) is 72.4 cm³/mol. The van der Waals surface area contributed by atoms with Gasteiger partial charge in [-0.1, -0.05) is 6.07 Å². The summed E-state index contributed by atoms with van der Waals surface area (Å²) in [4.78, 5) is 15.1. The van der Waals surface area contributed by atoms with Crippen molar-refractivity contribution in [1.82, 2.24) is 9.55 Å². The highest BCUT2D eigenvalue weighted by atomic mass is 16.3. The fourth-order valence-electron chi connectivity index (χ4n) is 2.23. The van der Waals surface area contributed by atoms with Crippen molar-refractivity contribution in [2.75, 3.05) is 0 Å². The maximum absolute atomic E-state index is 10.6. The summed E-state index contributed by atoms with van der Waals surface area (Å²) in [5.74, 6) is 2.15. The third kappa shape index (κ3) is 2.05. The smallest absolute Gasteiger partial charge is 0.185 e. The van der Waals surface area contributed by atoms with Gasteiger partial charge in [0.2, 0.25) is 0 Å². The molecule has 96 valence electrons. The number of imidazole rings is 1. The van der Waals surface area contributed by atoms with Gasteiger partial charge in [-0.15, -0.1) is 0 Å². The number of hydrogen-bond acceptors (Lipinski definition) is 3. The molecule has 2 aromatic heterocycles. The Balaban J connectivity index is 1.94. The topological polar surface area (TPSA) is 48.0 Å². The van der Waals surface area contributed by atoms with Gasteiger partial charge in [0.15, 0.2) is 12.0 Å². The van der Waals surface area contributed by atoms with Crippen LogP contribution >= 0.6 is 0 Å². The zero-order valence-corrected chi connectivity index (χ0v) is 10.9. The molecule has 0 fully saturated rings. The molecule has 0 aliphatic rings. The highest BCUT2D eigenvalue weighted by molar-refractivity contribution is 5.77. The number of aldehydes is 1. The summed E-state index contributed by atoms with van der Waals surface area (Å²) in [5, 5.41) is 0. The van der Waals surface area contributed by atoms with Crippen LogP contribution in [0.25, 0.3) is 11.0 Å². The number of nitrogens with zero attached hydrogens (tertiary/aromatic N) is 2. The van der Waals surface area contributed by atoms with Gasteiger partial charge < -0.3 is 8.98 Å². The minimum absolute atomic E-state index is 0.366. The molecule has 4 heteroatoms. The SMILES string of the molecule is Cc1nc2cc(Cc3ccc(C=O)o3)ccc2n1C. The summed E-state index contributed by atoms with van der Waals surface area (Å²) in [6, 6.07) is 9.70. The molecule has 0 atom stereocenters. The number of aromatic nitrogens is 2. The Bertz CT molecular complexity index is 753. The molecule has 3 aromatic rings. The molecule has 3 rings (SSSR count). The van der Waals surface area contributed by atoms with Crippen molar-refractivity contribution in [2.24, 2.45) is 7.05 Å². The Kier molecular flexibility index (Phi) is 2.71. The molecule has 0 saturated carbocycles. The minimum atomic E-state index is 0.366. The van der Waals surface area contributed by atoms with E-state index < -0.39 is 0 Å². The van der Waals surface area contributed by atoms with Crippen LogP contribution in [-0.2, 0) is 13.5 Å². The Morgan fingerprint density at radius 1 is 1.32 bits per heavy atom. The number of hydrogen-bond donors (Lipinski definition) is 0. The van der Waals surface area contributed by atoms with Crippen LogP contribution in [-0.4, -0.2) is 15.8 Å². The fourth-order valence-corrected chi connectivity index (χ4v) is 2.23. The monoisotopic (exact) mass is 254 g/mol. The Morgan fingerprint density at radius 3 is 2.89 bits per heavy atom. The molecule has 0 bridgehead atoms. The molecule has 4 nitrogen and oxygen atoms in total. The van der Waals surface area contributed by atoms with Gasteiger partial charge in [0.05, 0.1) is 11.0 Å². The zero-order valence-electron chi connectivity index (χ0n) is 10.9. The number of furan rings is 1. The van der Waals surface area contributed by atoms with E-state index in [-0.39, 0.29) is 0 Å². The number of carbonyl (C=O) groups excluding carboxylic acids is 1. The van der Waals surface area contributed by atoms with E-state index in [1.807, 2.05) is 20.0 Å². The van der Waals surface area contributed by atoms with Crippen molar-refractivity contribution in [3.8, 4) is 0 Å². The van der Waals surface area contributed by atoms with E-state index in [9.17, 15) is 4.79 Å². The van der Waals surface area contributed by atoms with Crippen molar-refractivity contribution in [2.45, 2.75) is 13.3 Å². The molecule has 0 spiro atoms. The third-order valence-corrected chi connectivity index (χ3v) is 3.35. The second kappa shape index (κ2) is 4.39. The molecule has 0 unspecified atom stereocenters. The average Bonchev–Trinajstić information content (AvgIpc) is 2.96. The van der Waals surface area contributed by atoms with E-state index in [0.29, 0.717) is 12.2 Å². The molecule has 19 heavy (non-hydrogen) atoms. The van der Waals surface area contributed by atoms with Crippen molar-refractivity contribution < 1.29 is 9.21 Å². The summed E-state index contributed by atoms with van der Waals surface area (Å²) < 4.78 is 7.45. The minimum Gasteiger partial charge on any atom is -0.458 e. The van der Waals surface area contributed by atoms with Gasteiger partial charge in [-0.3, -0.25) is 4.79 Å². The normalized spacial score (nSPS) is 11.1. The molecule has 1 aromatic carbocycles.